The normalized spacial score (nSPS) is 21.5. The van der Waals surface area contributed by atoms with Crippen LogP contribution in [0.5, 0.6) is 0 Å². The fourth-order valence-electron chi connectivity index (χ4n) is 2.19. The van der Waals surface area contributed by atoms with E-state index in [9.17, 15) is 4.79 Å². The second-order valence-corrected chi connectivity index (χ2v) is 4.97. The smallest absolute Gasteiger partial charge is 0.236 e. The lowest BCUT2D eigenvalue weighted by atomic mass is 10.0. The van der Waals surface area contributed by atoms with Gasteiger partial charge in [-0.1, -0.05) is 6.92 Å². The van der Waals surface area contributed by atoms with E-state index < -0.39 is 0 Å². The van der Waals surface area contributed by atoms with Crippen molar-refractivity contribution in [2.75, 3.05) is 39.8 Å². The van der Waals surface area contributed by atoms with Gasteiger partial charge in [-0.05, 0) is 45.3 Å². The topological polar surface area (TPSA) is 49.6 Å². The van der Waals surface area contributed by atoms with E-state index in [0.29, 0.717) is 19.0 Å². The number of likely N-dealkylation sites (N-methyl/N-ethyl adjacent to an activating group) is 1. The highest BCUT2D eigenvalue weighted by molar-refractivity contribution is 5.78. The van der Waals surface area contributed by atoms with Crippen molar-refractivity contribution in [3.63, 3.8) is 0 Å². The average Bonchev–Trinajstić information content (AvgIpc) is 2.26. The summed E-state index contributed by atoms with van der Waals surface area (Å²) in [6.07, 6.45) is 3.37. The molecule has 0 aromatic carbocycles. The van der Waals surface area contributed by atoms with Crippen LogP contribution in [-0.2, 0) is 4.79 Å². The fraction of sp³-hybridized carbons (Fsp3) is 0.917. The van der Waals surface area contributed by atoms with Crippen LogP contribution < -0.4 is 5.73 Å². The molecule has 1 heterocycles. The summed E-state index contributed by atoms with van der Waals surface area (Å²) in [5, 5.41) is 0. The molecule has 94 valence electrons. The van der Waals surface area contributed by atoms with Crippen LogP contribution in [0.25, 0.3) is 0 Å². The van der Waals surface area contributed by atoms with Crippen LogP contribution in [0.1, 0.15) is 26.2 Å². The quantitative estimate of drug-likeness (QED) is 0.745. The minimum Gasteiger partial charge on any atom is -0.341 e. The van der Waals surface area contributed by atoms with Gasteiger partial charge in [-0.3, -0.25) is 9.69 Å². The van der Waals surface area contributed by atoms with Crippen LogP contribution >= 0.6 is 0 Å². The van der Waals surface area contributed by atoms with Gasteiger partial charge in [0.05, 0.1) is 6.54 Å². The van der Waals surface area contributed by atoms with Gasteiger partial charge in [0, 0.05) is 13.1 Å². The summed E-state index contributed by atoms with van der Waals surface area (Å²) < 4.78 is 0. The zero-order chi connectivity index (χ0) is 12.0. The van der Waals surface area contributed by atoms with Gasteiger partial charge >= 0.3 is 0 Å². The molecule has 1 saturated heterocycles. The van der Waals surface area contributed by atoms with Crippen LogP contribution in [0.4, 0.5) is 0 Å². The Morgan fingerprint density at radius 1 is 1.56 bits per heavy atom. The second-order valence-electron chi connectivity index (χ2n) is 4.97. The number of nitrogens with two attached hydrogens (primary N) is 1. The monoisotopic (exact) mass is 227 g/mol. The first-order chi connectivity index (χ1) is 7.63. The molecule has 1 aliphatic rings. The minimum absolute atomic E-state index is 0.270. The van der Waals surface area contributed by atoms with Crippen LogP contribution in [0, 0.1) is 5.92 Å². The number of hydrogen-bond donors (Lipinski definition) is 1. The Labute approximate surface area is 98.8 Å². The maximum Gasteiger partial charge on any atom is 0.236 e. The molecule has 1 aliphatic heterocycles. The molecule has 1 amide bonds. The third-order valence-corrected chi connectivity index (χ3v) is 3.16. The molecular weight excluding hydrogens is 202 g/mol. The summed E-state index contributed by atoms with van der Waals surface area (Å²) in [6.45, 7) is 6.23. The SMILES string of the molecule is CC1CCCN(C(=O)CN(C)CCCN)C1. The summed E-state index contributed by atoms with van der Waals surface area (Å²) in [5.74, 6) is 0.929. The van der Waals surface area contributed by atoms with E-state index in [2.05, 4.69) is 11.8 Å². The molecule has 0 aliphatic carbocycles. The van der Waals surface area contributed by atoms with Crippen molar-refractivity contribution in [1.82, 2.24) is 9.80 Å². The van der Waals surface area contributed by atoms with E-state index in [1.54, 1.807) is 0 Å². The Kier molecular flexibility index (Phi) is 5.77. The van der Waals surface area contributed by atoms with Crippen molar-refractivity contribution in [2.45, 2.75) is 26.2 Å². The Morgan fingerprint density at radius 2 is 2.31 bits per heavy atom. The van der Waals surface area contributed by atoms with Crippen molar-refractivity contribution >= 4 is 5.91 Å². The first kappa shape index (κ1) is 13.5. The van der Waals surface area contributed by atoms with E-state index in [4.69, 9.17) is 5.73 Å². The van der Waals surface area contributed by atoms with E-state index in [0.717, 1.165) is 32.5 Å². The first-order valence-electron chi connectivity index (χ1n) is 6.30. The maximum atomic E-state index is 12.0. The predicted octanol–water partition coefficient (Wildman–Crippen LogP) is 0.526. The predicted molar refractivity (Wildman–Crippen MR) is 66.1 cm³/mol. The largest absolute Gasteiger partial charge is 0.341 e. The summed E-state index contributed by atoms with van der Waals surface area (Å²) in [4.78, 5) is 16.0. The summed E-state index contributed by atoms with van der Waals surface area (Å²) in [6, 6.07) is 0. The van der Waals surface area contributed by atoms with Gasteiger partial charge in [0.15, 0.2) is 0 Å². The average molecular weight is 227 g/mol. The van der Waals surface area contributed by atoms with E-state index in [1.807, 2.05) is 11.9 Å². The van der Waals surface area contributed by atoms with Crippen molar-refractivity contribution in [2.24, 2.45) is 11.7 Å². The molecule has 1 atom stereocenters. The highest BCUT2D eigenvalue weighted by atomic mass is 16.2. The number of amides is 1. The van der Waals surface area contributed by atoms with Gasteiger partial charge in [-0.25, -0.2) is 0 Å². The fourth-order valence-corrected chi connectivity index (χ4v) is 2.19. The lowest BCUT2D eigenvalue weighted by molar-refractivity contribution is -0.133. The molecule has 1 fully saturated rings. The Bertz CT molecular complexity index is 220. The molecule has 0 aromatic heterocycles. The second kappa shape index (κ2) is 6.86. The zero-order valence-corrected chi connectivity index (χ0v) is 10.6. The number of hydrogen-bond acceptors (Lipinski definition) is 3. The number of rotatable bonds is 5. The number of nitrogens with zero attached hydrogens (tertiary/aromatic N) is 2. The number of likely N-dealkylation sites (tertiary alicyclic amines) is 1. The highest BCUT2D eigenvalue weighted by Crippen LogP contribution is 2.15. The lowest BCUT2D eigenvalue weighted by Crippen LogP contribution is -2.44. The Hall–Kier alpha value is -0.610. The molecule has 0 saturated carbocycles. The van der Waals surface area contributed by atoms with E-state index in [1.165, 1.54) is 6.42 Å². The molecule has 4 heteroatoms. The van der Waals surface area contributed by atoms with Gasteiger partial charge in [0.1, 0.15) is 0 Å². The number of carbonyl (C=O) groups is 1. The first-order valence-corrected chi connectivity index (χ1v) is 6.30. The minimum atomic E-state index is 0.270. The molecule has 0 spiro atoms. The third kappa shape index (κ3) is 4.49. The molecular formula is C12H25N3O. The number of carbonyl (C=O) groups excluding carboxylic acids is 1. The molecule has 1 unspecified atom stereocenters. The van der Waals surface area contributed by atoms with Gasteiger partial charge in [-0.2, -0.15) is 0 Å². The summed E-state index contributed by atoms with van der Waals surface area (Å²) >= 11 is 0. The Morgan fingerprint density at radius 3 is 2.94 bits per heavy atom. The van der Waals surface area contributed by atoms with Gasteiger partial charge in [0.25, 0.3) is 0 Å². The number of piperidine rings is 1. The maximum absolute atomic E-state index is 12.0. The molecule has 0 aromatic rings. The van der Waals surface area contributed by atoms with E-state index in [-0.39, 0.29) is 5.91 Å². The summed E-state index contributed by atoms with van der Waals surface area (Å²) in [5.41, 5.74) is 5.45. The molecule has 1 rings (SSSR count). The zero-order valence-electron chi connectivity index (χ0n) is 10.6. The van der Waals surface area contributed by atoms with Gasteiger partial charge in [0.2, 0.25) is 5.91 Å². The van der Waals surface area contributed by atoms with Crippen LogP contribution in [-0.4, -0.2) is 55.5 Å². The van der Waals surface area contributed by atoms with Crippen molar-refractivity contribution < 1.29 is 4.79 Å². The molecule has 2 N–H and O–H groups in total. The lowest BCUT2D eigenvalue weighted by Gasteiger charge is -2.32. The van der Waals surface area contributed by atoms with Crippen molar-refractivity contribution in [3.05, 3.63) is 0 Å². The molecule has 16 heavy (non-hydrogen) atoms. The highest BCUT2D eigenvalue weighted by Gasteiger charge is 2.21. The van der Waals surface area contributed by atoms with E-state index >= 15 is 0 Å². The third-order valence-electron chi connectivity index (χ3n) is 3.16. The Balaban J connectivity index is 2.27. The summed E-state index contributed by atoms with van der Waals surface area (Å²) in [7, 11) is 1.99. The van der Waals surface area contributed by atoms with Crippen LogP contribution in [0.2, 0.25) is 0 Å². The molecule has 4 nitrogen and oxygen atoms in total. The van der Waals surface area contributed by atoms with Crippen molar-refractivity contribution in [3.8, 4) is 0 Å². The molecule has 0 bridgehead atoms. The van der Waals surface area contributed by atoms with Gasteiger partial charge in [-0.15, -0.1) is 0 Å². The standard InChI is InChI=1S/C12H25N3O/c1-11-5-3-8-15(9-11)12(16)10-14(2)7-4-6-13/h11H,3-10,13H2,1-2H3. The molecule has 0 radical (unpaired) electrons. The van der Waals surface area contributed by atoms with Crippen LogP contribution in [0.3, 0.4) is 0 Å². The van der Waals surface area contributed by atoms with Crippen LogP contribution in [0.15, 0.2) is 0 Å². The van der Waals surface area contributed by atoms with Crippen molar-refractivity contribution in [1.29, 1.82) is 0 Å². The van der Waals surface area contributed by atoms with Gasteiger partial charge < -0.3 is 10.6 Å².